The molecule has 0 bridgehead atoms. The number of para-hydroxylation sites is 1. The van der Waals surface area contributed by atoms with Gasteiger partial charge in [0.2, 0.25) is 5.88 Å². The minimum atomic E-state index is -0.228. The Morgan fingerprint density at radius 1 is 0.943 bits per heavy atom. The van der Waals surface area contributed by atoms with Crippen LogP contribution in [0.15, 0.2) is 48.5 Å². The van der Waals surface area contributed by atoms with E-state index in [1.54, 1.807) is 43.0 Å². The topological polar surface area (TPSA) is 109 Å². The first-order valence-electron chi connectivity index (χ1n) is 11.0. The Hall–Kier alpha value is -4.34. The van der Waals surface area contributed by atoms with Crippen LogP contribution in [-0.2, 0) is 4.79 Å². The molecule has 2 aromatic heterocycles. The summed E-state index contributed by atoms with van der Waals surface area (Å²) in [5.41, 5.74) is 3.31. The van der Waals surface area contributed by atoms with E-state index >= 15 is 0 Å². The number of carbonyl (C=O) groups excluding carboxylic acids is 1. The zero-order valence-electron chi connectivity index (χ0n) is 20.1. The molecule has 10 heteroatoms. The number of carbonyl (C=O) groups is 1. The summed E-state index contributed by atoms with van der Waals surface area (Å²) in [6.07, 6.45) is 0. The van der Waals surface area contributed by atoms with Crippen LogP contribution in [0.2, 0.25) is 0 Å². The second-order valence-electron chi connectivity index (χ2n) is 7.74. The zero-order chi connectivity index (χ0) is 24.8. The molecule has 10 nitrogen and oxygen atoms in total. The number of hydrogen-bond donors (Lipinski definition) is 1. The predicted octanol–water partition coefficient (Wildman–Crippen LogP) is 3.00. The Kier molecular flexibility index (Phi) is 7.30. The van der Waals surface area contributed by atoms with Crippen LogP contribution < -0.4 is 24.3 Å². The highest BCUT2D eigenvalue weighted by atomic mass is 16.5. The third kappa shape index (κ3) is 5.43. The predicted molar refractivity (Wildman–Crippen MR) is 129 cm³/mol. The maximum absolute atomic E-state index is 12.1. The van der Waals surface area contributed by atoms with E-state index in [1.165, 1.54) is 0 Å². The molecule has 2 aromatic carbocycles. The molecule has 0 radical (unpaired) electrons. The smallest absolute Gasteiger partial charge is 0.258 e. The van der Waals surface area contributed by atoms with Crippen molar-refractivity contribution in [1.82, 2.24) is 25.1 Å². The number of amides is 1. The summed E-state index contributed by atoms with van der Waals surface area (Å²) in [6, 6.07) is 14.8. The van der Waals surface area contributed by atoms with Crippen LogP contribution in [0.3, 0.4) is 0 Å². The van der Waals surface area contributed by atoms with Crippen molar-refractivity contribution in [3.63, 3.8) is 0 Å². The summed E-state index contributed by atoms with van der Waals surface area (Å²) in [6.45, 7) is 4.38. The van der Waals surface area contributed by atoms with Crippen molar-refractivity contribution in [2.45, 2.75) is 13.8 Å². The van der Waals surface area contributed by atoms with Crippen LogP contribution in [0.1, 0.15) is 11.1 Å². The Morgan fingerprint density at radius 2 is 1.71 bits per heavy atom. The number of fused-ring (bicyclic) bond motifs is 1. The second kappa shape index (κ2) is 10.7. The molecule has 0 spiro atoms. The molecular weight excluding hydrogens is 450 g/mol. The van der Waals surface area contributed by atoms with E-state index < -0.39 is 0 Å². The van der Waals surface area contributed by atoms with Crippen LogP contribution in [0, 0.1) is 13.8 Å². The monoisotopic (exact) mass is 477 g/mol. The summed E-state index contributed by atoms with van der Waals surface area (Å²) in [7, 11) is 3.15. The van der Waals surface area contributed by atoms with Gasteiger partial charge >= 0.3 is 0 Å². The first kappa shape index (κ1) is 23.8. The number of nitrogens with one attached hydrogen (secondary N) is 1. The van der Waals surface area contributed by atoms with Gasteiger partial charge in [0.25, 0.3) is 5.91 Å². The summed E-state index contributed by atoms with van der Waals surface area (Å²) in [4.78, 5) is 12.1. The maximum atomic E-state index is 12.1. The molecule has 0 unspecified atom stereocenters. The van der Waals surface area contributed by atoms with Crippen molar-refractivity contribution in [3.8, 4) is 34.5 Å². The van der Waals surface area contributed by atoms with Gasteiger partial charge in [0.15, 0.2) is 29.6 Å². The molecule has 0 fully saturated rings. The number of nitrogens with zero attached hydrogens (tertiary/aromatic N) is 4. The highest BCUT2D eigenvalue weighted by molar-refractivity contribution is 5.77. The van der Waals surface area contributed by atoms with Gasteiger partial charge in [0.05, 0.1) is 20.8 Å². The standard InChI is InChI=1S/C25H27N5O5/c1-16-6-5-7-17(2)24(16)35-15-22(31)26-12-13-34-23-11-10-21-27-28-25(30(21)29-23)18-8-9-19(32-3)20(14-18)33-4/h5-11,14H,12-13,15H2,1-4H3,(H,26,31). The summed E-state index contributed by atoms with van der Waals surface area (Å²) in [5, 5.41) is 15.7. The van der Waals surface area contributed by atoms with Crippen LogP contribution in [-0.4, -0.2) is 59.7 Å². The van der Waals surface area contributed by atoms with Gasteiger partial charge in [-0.25, -0.2) is 0 Å². The van der Waals surface area contributed by atoms with Gasteiger partial charge in [-0.3, -0.25) is 4.79 Å². The van der Waals surface area contributed by atoms with Crippen molar-refractivity contribution in [1.29, 1.82) is 0 Å². The second-order valence-corrected chi connectivity index (χ2v) is 7.74. The third-order valence-electron chi connectivity index (χ3n) is 5.31. The van der Waals surface area contributed by atoms with Crippen LogP contribution in [0.5, 0.6) is 23.1 Å². The summed E-state index contributed by atoms with van der Waals surface area (Å²) >= 11 is 0. The van der Waals surface area contributed by atoms with Crippen molar-refractivity contribution >= 4 is 11.6 Å². The molecule has 4 aromatic rings. The minimum absolute atomic E-state index is 0.0642. The SMILES string of the molecule is COc1ccc(-c2nnc3ccc(OCCNC(=O)COc4c(C)cccc4C)nn23)cc1OC. The van der Waals surface area contributed by atoms with Gasteiger partial charge in [0, 0.05) is 11.6 Å². The molecule has 0 aliphatic carbocycles. The quantitative estimate of drug-likeness (QED) is 0.347. The van der Waals surface area contributed by atoms with Gasteiger partial charge in [-0.05, 0) is 49.2 Å². The van der Waals surface area contributed by atoms with Gasteiger partial charge in [0.1, 0.15) is 12.4 Å². The van der Waals surface area contributed by atoms with E-state index in [4.69, 9.17) is 18.9 Å². The number of ether oxygens (including phenoxy) is 4. The molecule has 0 saturated heterocycles. The van der Waals surface area contributed by atoms with E-state index in [0.717, 1.165) is 22.4 Å². The molecule has 35 heavy (non-hydrogen) atoms. The molecule has 0 aliphatic heterocycles. The number of rotatable bonds is 10. The molecule has 182 valence electrons. The fourth-order valence-corrected chi connectivity index (χ4v) is 3.57. The normalized spacial score (nSPS) is 10.7. The molecule has 0 saturated carbocycles. The van der Waals surface area contributed by atoms with Crippen LogP contribution >= 0.6 is 0 Å². The summed E-state index contributed by atoms with van der Waals surface area (Å²) < 4.78 is 23.7. The lowest BCUT2D eigenvalue weighted by Gasteiger charge is -2.12. The molecule has 0 aliphatic rings. The van der Waals surface area contributed by atoms with Gasteiger partial charge in [-0.15, -0.1) is 15.3 Å². The molecule has 1 amide bonds. The lowest BCUT2D eigenvalue weighted by Crippen LogP contribution is -2.32. The largest absolute Gasteiger partial charge is 0.493 e. The zero-order valence-corrected chi connectivity index (χ0v) is 20.1. The van der Waals surface area contributed by atoms with Crippen molar-refractivity contribution in [2.24, 2.45) is 0 Å². The van der Waals surface area contributed by atoms with E-state index in [0.29, 0.717) is 35.4 Å². The summed E-state index contributed by atoms with van der Waals surface area (Å²) in [5.74, 6) is 2.60. The first-order chi connectivity index (χ1) is 17.0. The van der Waals surface area contributed by atoms with Crippen LogP contribution in [0.25, 0.3) is 17.0 Å². The fourth-order valence-electron chi connectivity index (χ4n) is 3.57. The Morgan fingerprint density at radius 3 is 2.46 bits per heavy atom. The average molecular weight is 478 g/mol. The maximum Gasteiger partial charge on any atom is 0.258 e. The average Bonchev–Trinajstić information content (AvgIpc) is 3.29. The van der Waals surface area contributed by atoms with E-state index in [-0.39, 0.29) is 19.1 Å². The fraction of sp³-hybridized carbons (Fsp3) is 0.280. The first-order valence-corrected chi connectivity index (χ1v) is 11.0. The lowest BCUT2D eigenvalue weighted by atomic mass is 10.1. The minimum Gasteiger partial charge on any atom is -0.493 e. The van der Waals surface area contributed by atoms with Crippen molar-refractivity contribution in [3.05, 3.63) is 59.7 Å². The highest BCUT2D eigenvalue weighted by Gasteiger charge is 2.14. The van der Waals surface area contributed by atoms with Gasteiger partial charge in [-0.2, -0.15) is 4.52 Å². The Bertz CT molecular complexity index is 1320. The Labute approximate surface area is 202 Å². The van der Waals surface area contributed by atoms with Gasteiger partial charge in [-0.1, -0.05) is 18.2 Å². The highest BCUT2D eigenvalue weighted by Crippen LogP contribution is 2.31. The van der Waals surface area contributed by atoms with E-state index in [1.807, 2.05) is 38.1 Å². The van der Waals surface area contributed by atoms with E-state index in [9.17, 15) is 4.79 Å². The number of hydrogen-bond acceptors (Lipinski definition) is 8. The molecule has 1 N–H and O–H groups in total. The third-order valence-corrected chi connectivity index (χ3v) is 5.31. The Balaban J connectivity index is 1.34. The number of aryl methyl sites for hydroxylation is 2. The molecule has 4 rings (SSSR count). The molecular formula is C25H27N5O5. The molecule has 0 atom stereocenters. The number of aromatic nitrogens is 4. The van der Waals surface area contributed by atoms with Crippen molar-refractivity contribution in [2.75, 3.05) is 34.0 Å². The molecule has 2 heterocycles. The number of methoxy groups -OCH3 is 2. The van der Waals surface area contributed by atoms with Crippen LogP contribution in [0.4, 0.5) is 0 Å². The van der Waals surface area contributed by atoms with E-state index in [2.05, 4.69) is 20.6 Å². The van der Waals surface area contributed by atoms with Crippen molar-refractivity contribution < 1.29 is 23.7 Å². The lowest BCUT2D eigenvalue weighted by molar-refractivity contribution is -0.123. The number of benzene rings is 2. The van der Waals surface area contributed by atoms with Gasteiger partial charge < -0.3 is 24.3 Å².